The van der Waals surface area contributed by atoms with Gasteiger partial charge in [-0.05, 0) is 30.7 Å². The van der Waals surface area contributed by atoms with Gasteiger partial charge in [-0.3, -0.25) is 4.79 Å². The van der Waals surface area contributed by atoms with Gasteiger partial charge in [0.1, 0.15) is 5.82 Å². The monoisotopic (exact) mass is 235 g/mol. The quantitative estimate of drug-likeness (QED) is 0.763. The number of methoxy groups -OCH3 is 1. The van der Waals surface area contributed by atoms with E-state index in [1.807, 2.05) is 16.8 Å². The maximum absolute atomic E-state index is 13.0. The summed E-state index contributed by atoms with van der Waals surface area (Å²) in [7, 11) is 1.39. The van der Waals surface area contributed by atoms with E-state index in [9.17, 15) is 9.18 Å². The summed E-state index contributed by atoms with van der Waals surface area (Å²) < 4.78 is 19.6. The van der Waals surface area contributed by atoms with Gasteiger partial charge in [0, 0.05) is 30.1 Å². The lowest BCUT2D eigenvalue weighted by atomic mass is 10.2. The molecule has 2 rings (SSSR count). The average Bonchev–Trinajstić information content (AvgIpc) is 2.71. The minimum absolute atomic E-state index is 0.201. The zero-order valence-corrected chi connectivity index (χ0v) is 9.65. The summed E-state index contributed by atoms with van der Waals surface area (Å²) in [4.78, 5) is 11.0. The third-order valence-electron chi connectivity index (χ3n) is 2.74. The SMILES string of the molecule is COC(=O)CCCn1ccc2cc(F)ccc21. The Labute approximate surface area is 98.8 Å². The van der Waals surface area contributed by atoms with Crippen LogP contribution in [0, 0.1) is 5.82 Å². The lowest BCUT2D eigenvalue weighted by molar-refractivity contribution is -0.140. The smallest absolute Gasteiger partial charge is 0.305 e. The molecule has 0 unspecified atom stereocenters. The minimum Gasteiger partial charge on any atom is -0.469 e. The van der Waals surface area contributed by atoms with Crippen LogP contribution in [0.5, 0.6) is 0 Å². The van der Waals surface area contributed by atoms with Crippen molar-refractivity contribution in [2.75, 3.05) is 7.11 Å². The molecule has 2 aromatic rings. The summed E-state index contributed by atoms with van der Waals surface area (Å²) in [6.07, 6.45) is 3.02. The van der Waals surface area contributed by atoms with E-state index >= 15 is 0 Å². The van der Waals surface area contributed by atoms with Crippen LogP contribution < -0.4 is 0 Å². The van der Waals surface area contributed by atoms with E-state index in [0.717, 1.165) is 17.4 Å². The van der Waals surface area contributed by atoms with Crippen LogP contribution in [0.15, 0.2) is 30.5 Å². The fourth-order valence-corrected chi connectivity index (χ4v) is 1.86. The van der Waals surface area contributed by atoms with Crippen molar-refractivity contribution < 1.29 is 13.9 Å². The van der Waals surface area contributed by atoms with Crippen LogP contribution >= 0.6 is 0 Å². The fraction of sp³-hybridized carbons (Fsp3) is 0.308. The lowest BCUT2D eigenvalue weighted by Gasteiger charge is -2.04. The minimum atomic E-state index is -0.232. The van der Waals surface area contributed by atoms with Gasteiger partial charge in [-0.2, -0.15) is 0 Å². The van der Waals surface area contributed by atoms with E-state index in [0.29, 0.717) is 12.8 Å². The molecule has 90 valence electrons. The molecule has 0 saturated heterocycles. The molecule has 1 aromatic carbocycles. The standard InChI is InChI=1S/C13H14FNO2/c1-17-13(16)3-2-7-15-8-6-10-9-11(14)4-5-12(10)15/h4-6,8-9H,2-3,7H2,1H3. The number of rotatable bonds is 4. The molecule has 3 nitrogen and oxygen atoms in total. The molecule has 0 atom stereocenters. The molecule has 0 amide bonds. The lowest BCUT2D eigenvalue weighted by Crippen LogP contribution is -2.03. The van der Waals surface area contributed by atoms with E-state index in [-0.39, 0.29) is 11.8 Å². The number of esters is 1. The summed E-state index contributed by atoms with van der Waals surface area (Å²) in [6.45, 7) is 0.726. The third-order valence-corrected chi connectivity index (χ3v) is 2.74. The number of nitrogens with zero attached hydrogens (tertiary/aromatic N) is 1. The maximum Gasteiger partial charge on any atom is 0.305 e. The van der Waals surface area contributed by atoms with Crippen molar-refractivity contribution in [2.45, 2.75) is 19.4 Å². The molecule has 0 N–H and O–H groups in total. The van der Waals surface area contributed by atoms with Crippen molar-refractivity contribution in [3.63, 3.8) is 0 Å². The molecule has 17 heavy (non-hydrogen) atoms. The van der Waals surface area contributed by atoms with Crippen molar-refractivity contribution in [2.24, 2.45) is 0 Å². The highest BCUT2D eigenvalue weighted by atomic mass is 19.1. The van der Waals surface area contributed by atoms with Crippen molar-refractivity contribution in [3.8, 4) is 0 Å². The molecule has 0 fully saturated rings. The first-order chi connectivity index (χ1) is 8.20. The van der Waals surface area contributed by atoms with E-state index in [1.54, 1.807) is 6.07 Å². The Bertz CT molecular complexity index is 533. The van der Waals surface area contributed by atoms with Gasteiger partial charge >= 0.3 is 5.97 Å². The second-order valence-electron chi connectivity index (χ2n) is 3.89. The van der Waals surface area contributed by atoms with E-state index < -0.39 is 0 Å². The highest BCUT2D eigenvalue weighted by Gasteiger charge is 2.04. The molecule has 0 radical (unpaired) electrons. The van der Waals surface area contributed by atoms with Crippen molar-refractivity contribution >= 4 is 16.9 Å². The van der Waals surface area contributed by atoms with Crippen LogP contribution in [0.3, 0.4) is 0 Å². The first-order valence-corrected chi connectivity index (χ1v) is 5.52. The van der Waals surface area contributed by atoms with Crippen molar-refractivity contribution in [3.05, 3.63) is 36.3 Å². The van der Waals surface area contributed by atoms with Crippen LogP contribution in [-0.2, 0) is 16.1 Å². The number of fused-ring (bicyclic) bond motifs is 1. The maximum atomic E-state index is 13.0. The highest BCUT2D eigenvalue weighted by molar-refractivity contribution is 5.80. The Morgan fingerprint density at radius 2 is 2.24 bits per heavy atom. The predicted molar refractivity (Wildman–Crippen MR) is 63.1 cm³/mol. The first-order valence-electron chi connectivity index (χ1n) is 5.52. The molecular formula is C13H14FNO2. The number of aryl methyl sites for hydroxylation is 1. The highest BCUT2D eigenvalue weighted by Crippen LogP contribution is 2.17. The van der Waals surface area contributed by atoms with Gasteiger partial charge in [0.2, 0.25) is 0 Å². The molecular weight excluding hydrogens is 221 g/mol. The number of carbonyl (C=O) groups excluding carboxylic acids is 1. The number of aromatic nitrogens is 1. The van der Waals surface area contributed by atoms with Gasteiger partial charge in [0.05, 0.1) is 7.11 Å². The normalized spacial score (nSPS) is 10.7. The van der Waals surface area contributed by atoms with Gasteiger partial charge in [0.15, 0.2) is 0 Å². The molecule has 0 aliphatic heterocycles. The van der Waals surface area contributed by atoms with Crippen LogP contribution in [0.4, 0.5) is 4.39 Å². The Balaban J connectivity index is 2.06. The summed E-state index contributed by atoms with van der Waals surface area (Å²) in [5.74, 6) is -0.433. The second kappa shape index (κ2) is 4.99. The first kappa shape index (κ1) is 11.6. The number of hydrogen-bond donors (Lipinski definition) is 0. The van der Waals surface area contributed by atoms with Crippen LogP contribution in [0.2, 0.25) is 0 Å². The van der Waals surface area contributed by atoms with E-state index in [1.165, 1.54) is 19.2 Å². The third kappa shape index (κ3) is 2.64. The molecule has 4 heteroatoms. The van der Waals surface area contributed by atoms with Crippen LogP contribution in [0.1, 0.15) is 12.8 Å². The Kier molecular flexibility index (Phi) is 3.42. The number of halogens is 1. The van der Waals surface area contributed by atoms with Crippen LogP contribution in [0.25, 0.3) is 10.9 Å². The molecule has 1 aromatic heterocycles. The number of ether oxygens (including phenoxy) is 1. The molecule has 0 saturated carbocycles. The Morgan fingerprint density at radius 3 is 3.00 bits per heavy atom. The molecule has 1 heterocycles. The molecule has 0 bridgehead atoms. The molecule has 0 aliphatic rings. The van der Waals surface area contributed by atoms with Gasteiger partial charge in [-0.1, -0.05) is 0 Å². The summed E-state index contributed by atoms with van der Waals surface area (Å²) in [5, 5.41) is 0.878. The second-order valence-corrected chi connectivity index (χ2v) is 3.89. The zero-order valence-electron chi connectivity index (χ0n) is 9.65. The Hall–Kier alpha value is -1.84. The number of carbonyl (C=O) groups is 1. The fourth-order valence-electron chi connectivity index (χ4n) is 1.86. The van der Waals surface area contributed by atoms with Gasteiger partial charge in [-0.15, -0.1) is 0 Å². The van der Waals surface area contributed by atoms with Gasteiger partial charge < -0.3 is 9.30 Å². The van der Waals surface area contributed by atoms with E-state index in [4.69, 9.17) is 0 Å². The zero-order chi connectivity index (χ0) is 12.3. The Morgan fingerprint density at radius 1 is 1.41 bits per heavy atom. The summed E-state index contributed by atoms with van der Waals surface area (Å²) in [6, 6.07) is 6.57. The topological polar surface area (TPSA) is 31.2 Å². The van der Waals surface area contributed by atoms with E-state index in [2.05, 4.69) is 4.74 Å². The number of hydrogen-bond acceptors (Lipinski definition) is 2. The molecule has 0 spiro atoms. The van der Waals surface area contributed by atoms with Gasteiger partial charge in [0.25, 0.3) is 0 Å². The number of benzene rings is 1. The molecule has 0 aliphatic carbocycles. The largest absolute Gasteiger partial charge is 0.469 e. The van der Waals surface area contributed by atoms with Gasteiger partial charge in [-0.25, -0.2) is 4.39 Å². The van der Waals surface area contributed by atoms with Crippen molar-refractivity contribution in [1.29, 1.82) is 0 Å². The average molecular weight is 235 g/mol. The summed E-state index contributed by atoms with van der Waals surface area (Å²) in [5.41, 5.74) is 0.983. The summed E-state index contributed by atoms with van der Waals surface area (Å²) >= 11 is 0. The predicted octanol–water partition coefficient (Wildman–Crippen LogP) is 2.73. The van der Waals surface area contributed by atoms with Crippen LogP contribution in [-0.4, -0.2) is 17.6 Å². The van der Waals surface area contributed by atoms with Crippen molar-refractivity contribution in [1.82, 2.24) is 4.57 Å².